The average molecular weight is 339 g/mol. The zero-order chi connectivity index (χ0) is 18.4. The van der Waals surface area contributed by atoms with Gasteiger partial charge < -0.3 is 10.1 Å². The van der Waals surface area contributed by atoms with Crippen LogP contribution in [-0.2, 0) is 20.7 Å². The molecule has 0 radical (unpaired) electrons. The van der Waals surface area contributed by atoms with Gasteiger partial charge in [0.15, 0.2) is 6.10 Å². The van der Waals surface area contributed by atoms with E-state index >= 15 is 0 Å². The number of amides is 1. The fourth-order valence-electron chi connectivity index (χ4n) is 2.80. The molecular formula is C21H25NO3. The Morgan fingerprint density at radius 1 is 1.04 bits per heavy atom. The number of benzene rings is 2. The predicted molar refractivity (Wildman–Crippen MR) is 99.6 cm³/mol. The Morgan fingerprint density at radius 3 is 2.24 bits per heavy atom. The Balaban J connectivity index is 1.89. The monoisotopic (exact) mass is 339 g/mol. The summed E-state index contributed by atoms with van der Waals surface area (Å²) in [5, 5.41) is 2.87. The fraction of sp³-hybridized carbons (Fsp3) is 0.333. The molecule has 0 saturated heterocycles. The highest BCUT2D eigenvalue weighted by atomic mass is 16.5. The lowest BCUT2D eigenvalue weighted by atomic mass is 10.0. The molecule has 2 aromatic carbocycles. The van der Waals surface area contributed by atoms with E-state index in [-0.39, 0.29) is 18.3 Å². The van der Waals surface area contributed by atoms with Crippen molar-refractivity contribution in [3.63, 3.8) is 0 Å². The number of carbonyl (C=O) groups is 2. The molecule has 0 heterocycles. The highest BCUT2D eigenvalue weighted by Gasteiger charge is 2.19. The van der Waals surface area contributed by atoms with Gasteiger partial charge in [-0.3, -0.25) is 9.59 Å². The molecule has 0 spiro atoms. The molecule has 1 N–H and O–H groups in total. The number of hydrogen-bond donors (Lipinski definition) is 1. The Hall–Kier alpha value is -2.62. The van der Waals surface area contributed by atoms with E-state index in [9.17, 15) is 9.59 Å². The van der Waals surface area contributed by atoms with Gasteiger partial charge in [-0.1, -0.05) is 48.0 Å². The van der Waals surface area contributed by atoms with Crippen LogP contribution in [0.4, 0.5) is 5.69 Å². The Morgan fingerprint density at radius 2 is 1.64 bits per heavy atom. The summed E-state index contributed by atoms with van der Waals surface area (Å²) in [4.78, 5) is 24.3. The molecule has 0 aliphatic heterocycles. The smallest absolute Gasteiger partial charge is 0.306 e. The third kappa shape index (κ3) is 5.45. The minimum Gasteiger partial charge on any atom is -0.453 e. The van der Waals surface area contributed by atoms with E-state index in [1.165, 1.54) is 0 Å². The molecular weight excluding hydrogens is 314 g/mol. The topological polar surface area (TPSA) is 55.4 Å². The second-order valence-corrected chi connectivity index (χ2v) is 6.38. The normalized spacial score (nSPS) is 11.7. The number of hydrogen-bond acceptors (Lipinski definition) is 3. The van der Waals surface area contributed by atoms with Crippen molar-refractivity contribution in [3.05, 3.63) is 64.7 Å². The van der Waals surface area contributed by atoms with Gasteiger partial charge in [0, 0.05) is 12.1 Å². The van der Waals surface area contributed by atoms with Gasteiger partial charge in [-0.15, -0.1) is 0 Å². The zero-order valence-electron chi connectivity index (χ0n) is 15.3. The molecule has 0 bridgehead atoms. The number of aryl methyl sites for hydroxylation is 4. The summed E-state index contributed by atoms with van der Waals surface area (Å²) in [6, 6.07) is 13.8. The molecule has 0 saturated carbocycles. The molecule has 0 aromatic heterocycles. The lowest BCUT2D eigenvalue weighted by molar-refractivity contribution is -0.153. The molecule has 0 fully saturated rings. The second kappa shape index (κ2) is 8.47. The van der Waals surface area contributed by atoms with Crippen molar-refractivity contribution in [3.8, 4) is 0 Å². The minimum atomic E-state index is -0.830. The van der Waals surface area contributed by atoms with Crippen LogP contribution in [0.5, 0.6) is 0 Å². The number of ether oxygens (including phenoxy) is 1. The van der Waals surface area contributed by atoms with Gasteiger partial charge >= 0.3 is 5.97 Å². The van der Waals surface area contributed by atoms with E-state index in [1.54, 1.807) is 6.92 Å². The third-order valence-electron chi connectivity index (χ3n) is 4.06. The molecule has 0 aliphatic carbocycles. The Kier molecular flexibility index (Phi) is 6.34. The average Bonchev–Trinajstić information content (AvgIpc) is 2.57. The molecule has 25 heavy (non-hydrogen) atoms. The Bertz CT molecular complexity index is 730. The summed E-state index contributed by atoms with van der Waals surface area (Å²) in [5.74, 6) is -0.688. The lowest BCUT2D eigenvalue weighted by Gasteiger charge is -2.17. The van der Waals surface area contributed by atoms with E-state index in [4.69, 9.17) is 4.74 Å². The zero-order valence-corrected chi connectivity index (χ0v) is 15.3. The molecule has 132 valence electrons. The first-order chi connectivity index (χ1) is 11.9. The van der Waals surface area contributed by atoms with Crippen LogP contribution in [0.2, 0.25) is 0 Å². The first kappa shape index (κ1) is 18.7. The van der Waals surface area contributed by atoms with Crippen LogP contribution in [0.3, 0.4) is 0 Å². The molecule has 1 atom stereocenters. The van der Waals surface area contributed by atoms with Crippen LogP contribution < -0.4 is 5.32 Å². The summed E-state index contributed by atoms with van der Waals surface area (Å²) >= 11 is 0. The second-order valence-electron chi connectivity index (χ2n) is 6.38. The third-order valence-corrected chi connectivity index (χ3v) is 4.06. The number of esters is 1. The van der Waals surface area contributed by atoms with Gasteiger partial charge in [-0.25, -0.2) is 0 Å². The van der Waals surface area contributed by atoms with E-state index < -0.39 is 6.10 Å². The molecule has 4 heteroatoms. The van der Waals surface area contributed by atoms with E-state index in [0.29, 0.717) is 6.42 Å². The first-order valence-electron chi connectivity index (χ1n) is 8.49. The predicted octanol–water partition coefficient (Wildman–Crippen LogP) is 4.11. The standard InChI is InChI=1S/C21H25NO3/c1-14-12-15(2)20(16(3)13-14)22-21(24)17(4)25-19(23)11-10-18-8-6-5-7-9-18/h5-9,12-13,17H,10-11H2,1-4H3,(H,22,24). The van der Waals surface area contributed by atoms with Crippen molar-refractivity contribution in [2.45, 2.75) is 46.6 Å². The van der Waals surface area contributed by atoms with Crippen LogP contribution in [0.25, 0.3) is 0 Å². The van der Waals surface area contributed by atoms with Gasteiger partial charge in [0.05, 0.1) is 0 Å². The maximum absolute atomic E-state index is 12.3. The first-order valence-corrected chi connectivity index (χ1v) is 8.49. The quantitative estimate of drug-likeness (QED) is 0.806. The van der Waals surface area contributed by atoms with Crippen LogP contribution >= 0.6 is 0 Å². The SMILES string of the molecule is Cc1cc(C)c(NC(=O)C(C)OC(=O)CCc2ccccc2)c(C)c1. The van der Waals surface area contributed by atoms with Gasteiger partial charge in [0.2, 0.25) is 0 Å². The largest absolute Gasteiger partial charge is 0.453 e. The fourth-order valence-corrected chi connectivity index (χ4v) is 2.80. The summed E-state index contributed by atoms with van der Waals surface area (Å²) in [5.41, 5.74) is 4.99. The van der Waals surface area contributed by atoms with Crippen molar-refractivity contribution in [2.75, 3.05) is 5.32 Å². The van der Waals surface area contributed by atoms with E-state index in [2.05, 4.69) is 5.32 Å². The maximum atomic E-state index is 12.3. The van der Waals surface area contributed by atoms with Gasteiger partial charge in [0.25, 0.3) is 5.91 Å². The molecule has 1 amide bonds. The van der Waals surface area contributed by atoms with E-state index in [1.807, 2.05) is 63.2 Å². The number of carbonyl (C=O) groups excluding carboxylic acids is 2. The van der Waals surface area contributed by atoms with E-state index in [0.717, 1.165) is 27.9 Å². The highest BCUT2D eigenvalue weighted by molar-refractivity contribution is 5.96. The summed E-state index contributed by atoms with van der Waals surface area (Å²) in [6.07, 6.45) is 0.0254. The molecule has 4 nitrogen and oxygen atoms in total. The van der Waals surface area contributed by atoms with Crippen molar-refractivity contribution < 1.29 is 14.3 Å². The van der Waals surface area contributed by atoms with Gasteiger partial charge in [-0.05, 0) is 50.8 Å². The van der Waals surface area contributed by atoms with Crippen molar-refractivity contribution >= 4 is 17.6 Å². The van der Waals surface area contributed by atoms with Crippen LogP contribution in [0, 0.1) is 20.8 Å². The molecule has 1 unspecified atom stereocenters. The summed E-state index contributed by atoms with van der Waals surface area (Å²) in [7, 11) is 0. The van der Waals surface area contributed by atoms with Crippen molar-refractivity contribution in [1.82, 2.24) is 0 Å². The van der Waals surface area contributed by atoms with Crippen molar-refractivity contribution in [1.29, 1.82) is 0 Å². The van der Waals surface area contributed by atoms with Crippen LogP contribution in [-0.4, -0.2) is 18.0 Å². The summed E-state index contributed by atoms with van der Waals surface area (Å²) < 4.78 is 5.26. The maximum Gasteiger partial charge on any atom is 0.306 e. The minimum absolute atomic E-state index is 0.254. The van der Waals surface area contributed by atoms with Crippen LogP contribution in [0.15, 0.2) is 42.5 Å². The number of anilines is 1. The van der Waals surface area contributed by atoms with Gasteiger partial charge in [0.1, 0.15) is 0 Å². The number of rotatable bonds is 6. The molecule has 2 rings (SSSR count). The molecule has 2 aromatic rings. The van der Waals surface area contributed by atoms with Crippen LogP contribution in [0.1, 0.15) is 35.6 Å². The summed E-state index contributed by atoms with van der Waals surface area (Å²) in [6.45, 7) is 7.51. The van der Waals surface area contributed by atoms with Gasteiger partial charge in [-0.2, -0.15) is 0 Å². The number of nitrogens with one attached hydrogen (secondary N) is 1. The Labute approximate surface area is 149 Å². The lowest BCUT2D eigenvalue weighted by Crippen LogP contribution is -2.30. The van der Waals surface area contributed by atoms with Crippen molar-refractivity contribution in [2.24, 2.45) is 0 Å². The highest BCUT2D eigenvalue weighted by Crippen LogP contribution is 2.22. The molecule has 0 aliphatic rings.